The van der Waals surface area contributed by atoms with Gasteiger partial charge >= 0.3 is 6.09 Å². The van der Waals surface area contributed by atoms with E-state index >= 15 is 0 Å². The molecular formula is C21H22BrN3O2. The molecule has 3 aromatic rings. The van der Waals surface area contributed by atoms with Crippen molar-refractivity contribution < 1.29 is 9.53 Å². The van der Waals surface area contributed by atoms with Gasteiger partial charge in [0.1, 0.15) is 5.75 Å². The van der Waals surface area contributed by atoms with E-state index in [-0.39, 0.29) is 0 Å². The average molecular weight is 428 g/mol. The Hall–Kier alpha value is -2.15. The largest absolute Gasteiger partial charge is 0.423 e. The van der Waals surface area contributed by atoms with Crippen LogP contribution in [-0.4, -0.2) is 53.7 Å². The van der Waals surface area contributed by atoms with Gasteiger partial charge in [0.2, 0.25) is 0 Å². The van der Waals surface area contributed by atoms with E-state index in [2.05, 4.69) is 51.0 Å². The fourth-order valence-corrected chi connectivity index (χ4v) is 3.58. The lowest BCUT2D eigenvalue weighted by Gasteiger charge is -2.32. The van der Waals surface area contributed by atoms with Gasteiger partial charge in [-0.1, -0.05) is 28.1 Å². The Morgan fingerprint density at radius 3 is 2.44 bits per heavy atom. The van der Waals surface area contributed by atoms with E-state index in [4.69, 9.17) is 4.74 Å². The lowest BCUT2D eigenvalue weighted by atomic mass is 10.1. The molecule has 0 bridgehead atoms. The summed E-state index contributed by atoms with van der Waals surface area (Å²) in [6.07, 6.45) is 3.24. The first kappa shape index (κ1) is 18.2. The molecule has 0 amide bonds. The topological polar surface area (TPSA) is 37.7 Å². The van der Waals surface area contributed by atoms with E-state index < -0.39 is 6.09 Å². The van der Waals surface area contributed by atoms with Crippen LogP contribution in [0.4, 0.5) is 4.79 Å². The molecule has 140 valence electrons. The molecule has 1 aliphatic rings. The number of piperazine rings is 1. The van der Waals surface area contributed by atoms with Crippen molar-refractivity contribution in [1.29, 1.82) is 0 Å². The summed E-state index contributed by atoms with van der Waals surface area (Å²) >= 11 is 3.37. The van der Waals surface area contributed by atoms with Gasteiger partial charge in [-0.3, -0.25) is 9.47 Å². The first-order valence-corrected chi connectivity index (χ1v) is 9.85. The van der Waals surface area contributed by atoms with Gasteiger partial charge < -0.3 is 9.64 Å². The van der Waals surface area contributed by atoms with Gasteiger partial charge in [0.25, 0.3) is 0 Å². The Bertz CT molecular complexity index is 944. The maximum Gasteiger partial charge on any atom is 0.423 e. The third kappa shape index (κ3) is 4.40. The molecular weight excluding hydrogens is 406 g/mol. The zero-order valence-corrected chi connectivity index (χ0v) is 16.9. The Balaban J connectivity index is 1.47. The van der Waals surface area contributed by atoms with Crippen molar-refractivity contribution in [2.75, 3.05) is 33.2 Å². The number of hydrogen-bond donors (Lipinski definition) is 0. The van der Waals surface area contributed by atoms with Gasteiger partial charge in [0.15, 0.2) is 0 Å². The quantitative estimate of drug-likeness (QED) is 0.627. The van der Waals surface area contributed by atoms with E-state index in [1.807, 2.05) is 24.5 Å². The van der Waals surface area contributed by atoms with Crippen molar-refractivity contribution in [2.45, 2.75) is 6.54 Å². The lowest BCUT2D eigenvalue weighted by molar-refractivity contribution is 0.148. The van der Waals surface area contributed by atoms with Crippen LogP contribution in [0, 0.1) is 0 Å². The first-order chi connectivity index (χ1) is 13.1. The van der Waals surface area contributed by atoms with Crippen molar-refractivity contribution >= 4 is 32.8 Å². The second-order valence-electron chi connectivity index (χ2n) is 7.03. The highest BCUT2D eigenvalue weighted by molar-refractivity contribution is 9.10. The van der Waals surface area contributed by atoms with E-state index in [1.54, 1.807) is 12.1 Å². The minimum atomic E-state index is -0.408. The molecule has 0 spiro atoms. The van der Waals surface area contributed by atoms with Crippen molar-refractivity contribution in [1.82, 2.24) is 14.4 Å². The number of nitrogens with zero attached hydrogens (tertiary/aromatic N) is 3. The molecule has 1 fully saturated rings. The first-order valence-electron chi connectivity index (χ1n) is 9.06. The van der Waals surface area contributed by atoms with Gasteiger partial charge in [0, 0.05) is 55.0 Å². The summed E-state index contributed by atoms with van der Waals surface area (Å²) in [7, 11) is 2.17. The SMILES string of the molecule is CN1CCN(Cc2ccc3cn(C(=O)Oc4ccc(Br)cc4)cc3c2)CC1. The molecule has 2 heterocycles. The van der Waals surface area contributed by atoms with Crippen LogP contribution < -0.4 is 4.74 Å². The van der Waals surface area contributed by atoms with Crippen LogP contribution in [0.2, 0.25) is 0 Å². The van der Waals surface area contributed by atoms with Crippen molar-refractivity contribution in [3.63, 3.8) is 0 Å². The summed E-state index contributed by atoms with van der Waals surface area (Å²) in [4.78, 5) is 17.2. The predicted octanol–water partition coefficient (Wildman–Crippen LogP) is 4.20. The summed E-state index contributed by atoms with van der Waals surface area (Å²) < 4.78 is 7.89. The van der Waals surface area contributed by atoms with Gasteiger partial charge in [-0.05, 0) is 48.3 Å². The maximum absolute atomic E-state index is 12.4. The number of ether oxygens (including phenoxy) is 1. The zero-order chi connectivity index (χ0) is 18.8. The molecule has 1 saturated heterocycles. The van der Waals surface area contributed by atoms with Crippen molar-refractivity contribution in [3.05, 3.63) is 64.9 Å². The number of aromatic nitrogens is 1. The molecule has 0 aliphatic carbocycles. The van der Waals surface area contributed by atoms with Crippen LogP contribution in [0.5, 0.6) is 5.75 Å². The highest BCUT2D eigenvalue weighted by Crippen LogP contribution is 2.21. The second kappa shape index (κ2) is 7.84. The highest BCUT2D eigenvalue weighted by Gasteiger charge is 2.15. The van der Waals surface area contributed by atoms with Crippen LogP contribution in [0.1, 0.15) is 5.56 Å². The Morgan fingerprint density at radius 1 is 1.00 bits per heavy atom. The number of fused-ring (bicyclic) bond motifs is 1. The number of benzene rings is 2. The molecule has 0 unspecified atom stereocenters. The van der Waals surface area contributed by atoms with Gasteiger partial charge in [0.05, 0.1) is 0 Å². The summed E-state index contributed by atoms with van der Waals surface area (Å²) in [5, 5.41) is 2.08. The summed E-state index contributed by atoms with van der Waals surface area (Å²) in [6.45, 7) is 5.35. The zero-order valence-electron chi connectivity index (χ0n) is 15.3. The van der Waals surface area contributed by atoms with Crippen LogP contribution in [0.3, 0.4) is 0 Å². The molecule has 0 N–H and O–H groups in total. The molecule has 4 rings (SSSR count). The molecule has 0 radical (unpaired) electrons. The van der Waals surface area contributed by atoms with E-state index in [0.29, 0.717) is 5.75 Å². The Kier molecular flexibility index (Phi) is 5.29. The molecule has 27 heavy (non-hydrogen) atoms. The molecule has 2 aromatic carbocycles. The minimum absolute atomic E-state index is 0.408. The number of rotatable bonds is 3. The monoisotopic (exact) mass is 427 g/mol. The number of carbonyl (C=O) groups is 1. The number of hydrogen-bond acceptors (Lipinski definition) is 4. The number of halogens is 1. The van der Waals surface area contributed by atoms with E-state index in [0.717, 1.165) is 48.0 Å². The summed E-state index contributed by atoms with van der Waals surface area (Å²) in [5.41, 5.74) is 1.27. The maximum atomic E-state index is 12.4. The predicted molar refractivity (Wildman–Crippen MR) is 110 cm³/mol. The third-order valence-electron chi connectivity index (χ3n) is 4.94. The average Bonchev–Trinajstić information content (AvgIpc) is 3.09. The van der Waals surface area contributed by atoms with E-state index in [1.165, 1.54) is 10.1 Å². The van der Waals surface area contributed by atoms with Gasteiger partial charge in [-0.15, -0.1) is 0 Å². The molecule has 1 aliphatic heterocycles. The smallest absolute Gasteiger partial charge is 0.410 e. The van der Waals surface area contributed by atoms with Gasteiger partial charge in [-0.25, -0.2) is 4.79 Å². The number of carbonyl (C=O) groups excluding carboxylic acids is 1. The van der Waals surface area contributed by atoms with Crippen molar-refractivity contribution in [3.8, 4) is 5.75 Å². The second-order valence-corrected chi connectivity index (χ2v) is 7.95. The lowest BCUT2D eigenvalue weighted by Crippen LogP contribution is -2.43. The third-order valence-corrected chi connectivity index (χ3v) is 5.47. The molecule has 0 saturated carbocycles. The highest BCUT2D eigenvalue weighted by atomic mass is 79.9. The fraction of sp³-hybridized carbons (Fsp3) is 0.286. The van der Waals surface area contributed by atoms with Crippen LogP contribution in [0.25, 0.3) is 10.8 Å². The van der Waals surface area contributed by atoms with E-state index in [9.17, 15) is 4.79 Å². The fourth-order valence-electron chi connectivity index (χ4n) is 3.31. The summed E-state index contributed by atoms with van der Waals surface area (Å²) in [6, 6.07) is 13.6. The Labute approximate surface area is 167 Å². The molecule has 0 atom stereocenters. The standard InChI is InChI=1S/C21H22BrN3O2/c1-23-8-10-24(11-9-23)13-16-2-3-17-14-25(15-18(17)12-16)21(26)27-20-6-4-19(22)5-7-20/h2-7,12,14-15H,8-11,13H2,1H3. The van der Waals surface area contributed by atoms with Crippen LogP contribution in [-0.2, 0) is 6.54 Å². The van der Waals surface area contributed by atoms with Gasteiger partial charge in [-0.2, -0.15) is 0 Å². The van der Waals surface area contributed by atoms with Crippen LogP contribution >= 0.6 is 15.9 Å². The molecule has 1 aromatic heterocycles. The summed E-state index contributed by atoms with van der Waals surface area (Å²) in [5.74, 6) is 0.525. The minimum Gasteiger partial charge on any atom is -0.410 e. The Morgan fingerprint density at radius 2 is 1.70 bits per heavy atom. The number of likely N-dealkylation sites (N-methyl/N-ethyl adjacent to an activating group) is 1. The van der Waals surface area contributed by atoms with Crippen LogP contribution in [0.15, 0.2) is 59.3 Å². The van der Waals surface area contributed by atoms with Crippen molar-refractivity contribution in [2.24, 2.45) is 0 Å². The molecule has 6 heteroatoms. The normalized spacial score (nSPS) is 15.9. The molecule has 5 nitrogen and oxygen atoms in total.